The molecular weight excluding hydrogens is 787 g/mol. The predicted molar refractivity (Wildman–Crippen MR) is 182 cm³/mol. The van der Waals surface area contributed by atoms with Gasteiger partial charge in [-0.15, -0.1) is 0 Å². The standard InChI is InChI=1S/C27H36N7O17P3/c1-30-26(36)18-6-4-8-21(13-18)47-17-23(32-33-29)46-12-11-45-15-20(35)7-3-2-5-19-14-34(27(37)31-25(19)28)24-10-9-22(49-24)16-48-53(41,42)51-54(43,44)50-52(38,39)40/h4,6,8,13-14,22-24H,3,7,9-12,15-17H2,1H3,(H,30,36)(H,41,42)(H,43,44)(H2,28,31,37)(H2,38,39,40)/t22-,23?,24+/m0/s1. The van der Waals surface area contributed by atoms with Crippen LogP contribution in [0.2, 0.25) is 0 Å². The lowest BCUT2D eigenvalue weighted by Gasteiger charge is -2.19. The molecule has 1 fully saturated rings. The van der Waals surface area contributed by atoms with Gasteiger partial charge in [0.05, 0.1) is 31.5 Å². The number of rotatable bonds is 21. The molecule has 2 heterocycles. The van der Waals surface area contributed by atoms with E-state index in [0.717, 1.165) is 4.57 Å². The predicted octanol–water partition coefficient (Wildman–Crippen LogP) is 1.66. The van der Waals surface area contributed by atoms with Crippen molar-refractivity contribution in [2.24, 2.45) is 5.11 Å². The summed E-state index contributed by atoms with van der Waals surface area (Å²) in [5.41, 5.74) is 14.4. The van der Waals surface area contributed by atoms with E-state index in [2.05, 4.69) is 45.3 Å². The smallest absolute Gasteiger partial charge is 0.490 e. The summed E-state index contributed by atoms with van der Waals surface area (Å²) in [7, 11) is -15.1. The third kappa shape index (κ3) is 15.8. The first-order valence-electron chi connectivity index (χ1n) is 15.4. The highest BCUT2D eigenvalue weighted by Crippen LogP contribution is 2.66. The van der Waals surface area contributed by atoms with Crippen molar-refractivity contribution in [2.75, 3.05) is 45.8 Å². The minimum atomic E-state index is -5.69. The van der Waals surface area contributed by atoms with Gasteiger partial charge in [0.1, 0.15) is 31.0 Å². The monoisotopic (exact) mass is 823 g/mol. The SMILES string of the molecule is CNC(=O)c1cccc(OCC(N=[N+]=[N-])OCCOCC(=O)CCC#Cc2cn([C@H]3CC[C@@H](COP(=O)(O)OP(=O)(O)OP(=O)(O)O)O3)c(=O)nc2N)c1. The van der Waals surface area contributed by atoms with Gasteiger partial charge in [-0.05, 0) is 36.6 Å². The molecule has 2 aromatic rings. The number of hydrogen-bond donors (Lipinski definition) is 6. The van der Waals surface area contributed by atoms with Crippen molar-refractivity contribution in [3.8, 4) is 17.6 Å². The van der Waals surface area contributed by atoms with Crippen molar-refractivity contribution < 1.29 is 75.0 Å². The Hall–Kier alpha value is -4.00. The van der Waals surface area contributed by atoms with Crippen molar-refractivity contribution in [3.63, 3.8) is 0 Å². The quantitative estimate of drug-likeness (QED) is 0.0260. The summed E-state index contributed by atoms with van der Waals surface area (Å²) in [6.07, 6.45) is -1.19. The lowest BCUT2D eigenvalue weighted by atomic mass is 10.2. The number of ether oxygens (including phenoxy) is 4. The topological polar surface area (TPSA) is 353 Å². The second-order valence-corrected chi connectivity index (χ2v) is 15.2. The van der Waals surface area contributed by atoms with Crippen molar-refractivity contribution in [1.29, 1.82) is 0 Å². The Kier molecular flexibility index (Phi) is 17.0. The maximum atomic E-state index is 12.5. The third-order valence-corrected chi connectivity index (χ3v) is 10.5. The highest BCUT2D eigenvalue weighted by molar-refractivity contribution is 7.66. The molecule has 0 spiro atoms. The first-order chi connectivity index (χ1) is 25.4. The van der Waals surface area contributed by atoms with Gasteiger partial charge >= 0.3 is 29.2 Å². The summed E-state index contributed by atoms with van der Waals surface area (Å²) < 4.78 is 69.1. The average molecular weight is 824 g/mol. The van der Waals surface area contributed by atoms with Crippen molar-refractivity contribution in [1.82, 2.24) is 14.9 Å². The molecule has 296 valence electrons. The van der Waals surface area contributed by atoms with Crippen LogP contribution in [0.1, 0.15) is 47.8 Å². The van der Waals surface area contributed by atoms with Gasteiger partial charge < -0.3 is 49.6 Å². The molecule has 3 rings (SSSR count). The number of carbonyl (C=O) groups excluding carboxylic acids is 2. The highest BCUT2D eigenvalue weighted by Gasteiger charge is 2.41. The minimum absolute atomic E-state index is 0.00678. The van der Waals surface area contributed by atoms with Crippen LogP contribution in [0, 0.1) is 11.8 Å². The van der Waals surface area contributed by atoms with Crippen LogP contribution in [0.3, 0.4) is 0 Å². The number of phosphoric ester groups is 1. The summed E-state index contributed by atoms with van der Waals surface area (Å²) in [4.78, 5) is 79.1. The van der Waals surface area contributed by atoms with E-state index >= 15 is 0 Å². The number of carbonyl (C=O) groups is 2. The van der Waals surface area contributed by atoms with Crippen molar-refractivity contribution in [3.05, 3.63) is 62.5 Å². The molecule has 27 heteroatoms. The molecule has 1 aliphatic heterocycles. The molecule has 3 unspecified atom stereocenters. The largest absolute Gasteiger partial charge is 0.491 e. The van der Waals surface area contributed by atoms with Gasteiger partial charge in [0, 0.05) is 36.6 Å². The van der Waals surface area contributed by atoms with Gasteiger partial charge in [-0.2, -0.15) is 13.6 Å². The Labute approximate surface area is 305 Å². The number of nitrogens with zero attached hydrogens (tertiary/aromatic N) is 5. The van der Waals surface area contributed by atoms with Gasteiger partial charge in [0.15, 0.2) is 12.0 Å². The summed E-state index contributed by atoms with van der Waals surface area (Å²) in [5, 5.41) is 6.01. The molecule has 7 N–H and O–H groups in total. The number of Topliss-reactive ketones (excluding diaryl/α,β-unsaturated/α-hetero) is 1. The second kappa shape index (κ2) is 20.6. The Morgan fingerprint density at radius 3 is 2.65 bits per heavy atom. The minimum Gasteiger partial charge on any atom is -0.491 e. The summed E-state index contributed by atoms with van der Waals surface area (Å²) in [6.45, 7) is -1.13. The summed E-state index contributed by atoms with van der Waals surface area (Å²) in [6, 6.07) is 6.36. The molecule has 1 aromatic heterocycles. The first-order valence-corrected chi connectivity index (χ1v) is 19.9. The van der Waals surface area contributed by atoms with E-state index in [1.165, 1.54) is 19.3 Å². The molecule has 5 atom stereocenters. The van der Waals surface area contributed by atoms with Crippen LogP contribution in [0.15, 0.2) is 40.4 Å². The molecule has 54 heavy (non-hydrogen) atoms. The van der Waals surface area contributed by atoms with Gasteiger partial charge in [-0.3, -0.25) is 18.7 Å². The summed E-state index contributed by atoms with van der Waals surface area (Å²) >= 11 is 0. The molecule has 24 nitrogen and oxygen atoms in total. The third-order valence-electron chi connectivity index (χ3n) is 6.67. The Bertz CT molecular complexity index is 1960. The van der Waals surface area contributed by atoms with Gasteiger partial charge in [-0.25, -0.2) is 18.5 Å². The van der Waals surface area contributed by atoms with Crippen LogP contribution >= 0.6 is 23.5 Å². The molecule has 0 bridgehead atoms. The number of ketones is 1. The fourth-order valence-corrected chi connectivity index (χ4v) is 7.40. The Balaban J connectivity index is 1.41. The highest BCUT2D eigenvalue weighted by atomic mass is 31.3. The number of azide groups is 1. The number of aromatic nitrogens is 2. The van der Waals surface area contributed by atoms with Crippen LogP contribution in [0.5, 0.6) is 5.75 Å². The van der Waals surface area contributed by atoms with E-state index in [1.807, 2.05) is 0 Å². The number of anilines is 1. The van der Waals surface area contributed by atoms with E-state index in [4.69, 9.17) is 40.0 Å². The maximum Gasteiger partial charge on any atom is 0.490 e. The summed E-state index contributed by atoms with van der Waals surface area (Å²) in [5.74, 6) is 5.06. The van der Waals surface area contributed by atoms with Gasteiger partial charge in [0.2, 0.25) is 0 Å². The van der Waals surface area contributed by atoms with E-state index < -0.39 is 54.3 Å². The molecule has 1 amide bonds. The lowest BCUT2D eigenvalue weighted by Crippen LogP contribution is -2.29. The fraction of sp³-hybridized carbons (Fsp3) is 0.481. The number of nitrogen functional groups attached to an aromatic ring is 1. The maximum absolute atomic E-state index is 12.5. The number of hydrogen-bond acceptors (Lipinski definition) is 16. The fourth-order valence-electron chi connectivity index (χ4n) is 4.35. The van der Waals surface area contributed by atoms with E-state index in [0.29, 0.717) is 11.3 Å². The zero-order chi connectivity index (χ0) is 39.9. The van der Waals surface area contributed by atoms with Crippen LogP contribution < -0.4 is 21.5 Å². The van der Waals surface area contributed by atoms with Gasteiger partial charge in [-0.1, -0.05) is 23.0 Å². The number of nitrogens with one attached hydrogen (secondary N) is 1. The van der Waals surface area contributed by atoms with Crippen LogP contribution in [0.4, 0.5) is 5.82 Å². The zero-order valence-corrected chi connectivity index (χ0v) is 30.9. The van der Waals surface area contributed by atoms with E-state index in [-0.39, 0.29) is 75.2 Å². The Morgan fingerprint density at radius 2 is 1.94 bits per heavy atom. The first kappa shape index (κ1) is 44.4. The van der Waals surface area contributed by atoms with Crippen molar-refractivity contribution in [2.45, 2.75) is 44.2 Å². The average Bonchev–Trinajstić information content (AvgIpc) is 3.56. The van der Waals surface area contributed by atoms with E-state index in [9.17, 15) is 37.9 Å². The number of amides is 1. The van der Waals surface area contributed by atoms with Crippen molar-refractivity contribution >= 4 is 41.0 Å². The van der Waals surface area contributed by atoms with Crippen LogP contribution in [-0.2, 0) is 45.8 Å². The molecule has 1 aromatic carbocycles. The molecule has 0 radical (unpaired) electrons. The lowest BCUT2D eigenvalue weighted by molar-refractivity contribution is -0.124. The number of nitrogens with two attached hydrogens (primary N) is 1. The second-order valence-electron chi connectivity index (χ2n) is 10.7. The molecule has 0 aliphatic carbocycles. The number of phosphoric acid groups is 3. The van der Waals surface area contributed by atoms with Gasteiger partial charge in [0.25, 0.3) is 5.91 Å². The van der Waals surface area contributed by atoms with Crippen LogP contribution in [0.25, 0.3) is 10.4 Å². The molecule has 0 saturated carbocycles. The number of benzene rings is 1. The molecular formula is C27H36N7O17P3. The zero-order valence-electron chi connectivity index (χ0n) is 28.2. The molecule has 1 aliphatic rings. The van der Waals surface area contributed by atoms with E-state index in [1.54, 1.807) is 18.2 Å². The normalized spacial score (nSPS) is 18.2. The Morgan fingerprint density at radius 1 is 1.19 bits per heavy atom. The van der Waals surface area contributed by atoms with Crippen LogP contribution in [-0.4, -0.2) is 93.2 Å². The molecule has 1 saturated heterocycles.